The zero-order valence-electron chi connectivity index (χ0n) is 13.7. The summed E-state index contributed by atoms with van der Waals surface area (Å²) in [4.78, 5) is 17.3. The summed E-state index contributed by atoms with van der Waals surface area (Å²) in [6.45, 7) is 7.60. The molecule has 22 heavy (non-hydrogen) atoms. The highest BCUT2D eigenvalue weighted by Crippen LogP contribution is 2.20. The normalized spacial score (nSPS) is 17.4. The second kappa shape index (κ2) is 7.11. The van der Waals surface area contributed by atoms with Crippen molar-refractivity contribution in [3.63, 3.8) is 0 Å². The van der Waals surface area contributed by atoms with Gasteiger partial charge < -0.3 is 15.3 Å². The van der Waals surface area contributed by atoms with Crippen LogP contribution in [0.3, 0.4) is 0 Å². The van der Waals surface area contributed by atoms with Gasteiger partial charge in [0.15, 0.2) is 0 Å². The van der Waals surface area contributed by atoms with Crippen molar-refractivity contribution < 1.29 is 14.4 Å². The lowest BCUT2D eigenvalue weighted by Gasteiger charge is -2.32. The fourth-order valence-corrected chi connectivity index (χ4v) is 2.17. The summed E-state index contributed by atoms with van der Waals surface area (Å²) < 4.78 is 5.92. The lowest BCUT2D eigenvalue weighted by Crippen LogP contribution is -2.40. The number of rotatable bonds is 4. The number of ether oxygens (including phenoxy) is 1. The smallest absolute Gasteiger partial charge is 0.330 e. The van der Waals surface area contributed by atoms with E-state index in [0.29, 0.717) is 19.7 Å². The molecule has 0 atom stereocenters. The molecule has 122 valence electrons. The van der Waals surface area contributed by atoms with Crippen LogP contribution in [-0.2, 0) is 21.0 Å². The van der Waals surface area contributed by atoms with Crippen LogP contribution in [0.1, 0.15) is 39.2 Å². The minimum Gasteiger partial charge on any atom is -0.399 e. The van der Waals surface area contributed by atoms with E-state index in [4.69, 9.17) is 15.3 Å². The van der Waals surface area contributed by atoms with E-state index in [1.54, 1.807) is 5.06 Å². The van der Waals surface area contributed by atoms with Crippen molar-refractivity contribution in [3.05, 3.63) is 29.8 Å². The number of benzene rings is 1. The first-order chi connectivity index (χ1) is 10.3. The lowest BCUT2D eigenvalue weighted by molar-refractivity contribution is -0.209. The van der Waals surface area contributed by atoms with Gasteiger partial charge in [0.1, 0.15) is 0 Å². The van der Waals surface area contributed by atoms with Crippen LogP contribution >= 0.6 is 0 Å². The third kappa shape index (κ3) is 5.00. The first-order valence-electron chi connectivity index (χ1n) is 7.78. The number of nitrogens with two attached hydrogens (primary N) is 1. The third-order valence-electron chi connectivity index (χ3n) is 3.69. The predicted octanol–water partition coefficient (Wildman–Crippen LogP) is 2.75. The average molecular weight is 306 g/mol. The summed E-state index contributed by atoms with van der Waals surface area (Å²) >= 11 is 0. The summed E-state index contributed by atoms with van der Waals surface area (Å²) in [5, 5.41) is 1.75. The number of piperidine rings is 1. The molecule has 0 saturated carbocycles. The maximum absolute atomic E-state index is 11.8. The number of nitrogen functional groups attached to an aromatic ring is 1. The molecule has 5 nitrogen and oxygen atoms in total. The Hall–Kier alpha value is -1.59. The Morgan fingerprint density at radius 2 is 1.82 bits per heavy atom. The third-order valence-corrected chi connectivity index (χ3v) is 3.69. The van der Waals surface area contributed by atoms with Gasteiger partial charge in [-0.05, 0) is 51.3 Å². The Kier molecular flexibility index (Phi) is 5.42. The van der Waals surface area contributed by atoms with E-state index < -0.39 is 5.41 Å². The standard InChI is InChI=1S/C17H26N2O3/c1-17(2,3)16(20)22-19-10-8-15(9-11-19)21-12-13-4-6-14(18)7-5-13/h4-7,15H,8-12,18H2,1-3H3. The van der Waals surface area contributed by atoms with Gasteiger partial charge in [-0.3, -0.25) is 0 Å². The van der Waals surface area contributed by atoms with Crippen molar-refractivity contribution in [2.75, 3.05) is 18.8 Å². The van der Waals surface area contributed by atoms with Crippen molar-refractivity contribution in [3.8, 4) is 0 Å². The van der Waals surface area contributed by atoms with E-state index in [1.165, 1.54) is 0 Å². The van der Waals surface area contributed by atoms with E-state index >= 15 is 0 Å². The van der Waals surface area contributed by atoms with E-state index in [-0.39, 0.29) is 12.1 Å². The first-order valence-corrected chi connectivity index (χ1v) is 7.78. The highest BCUT2D eigenvalue weighted by molar-refractivity contribution is 5.75. The molecule has 0 aromatic heterocycles. The largest absolute Gasteiger partial charge is 0.399 e. The molecule has 1 saturated heterocycles. The fourth-order valence-electron chi connectivity index (χ4n) is 2.17. The van der Waals surface area contributed by atoms with Crippen molar-refractivity contribution in [2.24, 2.45) is 5.41 Å². The van der Waals surface area contributed by atoms with E-state index in [9.17, 15) is 4.79 Å². The van der Waals surface area contributed by atoms with Crippen LogP contribution in [0.15, 0.2) is 24.3 Å². The number of anilines is 1. The van der Waals surface area contributed by atoms with Gasteiger partial charge in [0.05, 0.1) is 18.1 Å². The fraction of sp³-hybridized carbons (Fsp3) is 0.588. The molecule has 1 aromatic carbocycles. The summed E-state index contributed by atoms with van der Waals surface area (Å²) in [6, 6.07) is 7.73. The van der Waals surface area contributed by atoms with E-state index in [2.05, 4.69) is 0 Å². The molecule has 0 aliphatic carbocycles. The van der Waals surface area contributed by atoms with Crippen molar-refractivity contribution in [2.45, 2.75) is 46.3 Å². The van der Waals surface area contributed by atoms with Crippen LogP contribution < -0.4 is 5.73 Å². The Balaban J connectivity index is 1.71. The molecule has 2 rings (SSSR count). The van der Waals surface area contributed by atoms with Gasteiger partial charge in [0.25, 0.3) is 0 Å². The first kappa shape index (κ1) is 16.8. The molecule has 2 N–H and O–H groups in total. The summed E-state index contributed by atoms with van der Waals surface area (Å²) in [5.41, 5.74) is 7.08. The van der Waals surface area contributed by atoms with Gasteiger partial charge in [-0.1, -0.05) is 12.1 Å². The summed E-state index contributed by atoms with van der Waals surface area (Å²) in [7, 11) is 0. The molecule has 1 aromatic rings. The minimum absolute atomic E-state index is 0.186. The summed E-state index contributed by atoms with van der Waals surface area (Å²) in [5.74, 6) is -0.186. The van der Waals surface area contributed by atoms with Crippen LogP contribution in [0.2, 0.25) is 0 Å². The molecule has 0 amide bonds. The monoisotopic (exact) mass is 306 g/mol. The van der Waals surface area contributed by atoms with E-state index in [1.807, 2.05) is 45.0 Å². The van der Waals surface area contributed by atoms with Crippen molar-refractivity contribution in [1.82, 2.24) is 5.06 Å². The molecular formula is C17H26N2O3. The predicted molar refractivity (Wildman–Crippen MR) is 85.8 cm³/mol. The van der Waals surface area contributed by atoms with Gasteiger partial charge >= 0.3 is 5.97 Å². The lowest BCUT2D eigenvalue weighted by atomic mass is 9.98. The van der Waals surface area contributed by atoms with Crippen LogP contribution in [0.4, 0.5) is 5.69 Å². The maximum atomic E-state index is 11.8. The van der Waals surface area contributed by atoms with Crippen LogP contribution in [0.25, 0.3) is 0 Å². The van der Waals surface area contributed by atoms with Crippen LogP contribution in [0, 0.1) is 5.41 Å². The Morgan fingerprint density at radius 3 is 2.36 bits per heavy atom. The summed E-state index contributed by atoms with van der Waals surface area (Å²) in [6.07, 6.45) is 1.95. The molecule has 1 heterocycles. The van der Waals surface area contributed by atoms with Crippen molar-refractivity contribution in [1.29, 1.82) is 0 Å². The number of hydrogen-bond acceptors (Lipinski definition) is 5. The van der Waals surface area contributed by atoms with Gasteiger partial charge in [0, 0.05) is 18.8 Å². The minimum atomic E-state index is -0.470. The number of hydrogen-bond donors (Lipinski definition) is 1. The Labute approximate surface area is 132 Å². The Bertz CT molecular complexity index is 486. The van der Waals surface area contributed by atoms with Gasteiger partial charge in [-0.25, -0.2) is 4.79 Å². The molecule has 1 aliphatic heterocycles. The van der Waals surface area contributed by atoms with Crippen molar-refractivity contribution >= 4 is 11.7 Å². The molecule has 0 spiro atoms. The highest BCUT2D eigenvalue weighted by atomic mass is 16.7. The van der Waals surface area contributed by atoms with Gasteiger partial charge in [-0.2, -0.15) is 0 Å². The number of nitrogens with zero attached hydrogens (tertiary/aromatic N) is 1. The average Bonchev–Trinajstić information content (AvgIpc) is 2.47. The quantitative estimate of drug-likeness (QED) is 0.867. The maximum Gasteiger partial charge on any atom is 0.330 e. The molecule has 5 heteroatoms. The number of carbonyl (C=O) groups is 1. The van der Waals surface area contributed by atoms with Crippen LogP contribution in [0.5, 0.6) is 0 Å². The molecule has 0 bridgehead atoms. The zero-order valence-corrected chi connectivity index (χ0v) is 13.7. The molecule has 1 fully saturated rings. The Morgan fingerprint density at radius 1 is 1.23 bits per heavy atom. The number of carbonyl (C=O) groups excluding carboxylic acids is 1. The second-order valence-corrected chi connectivity index (χ2v) is 6.81. The molecule has 1 aliphatic rings. The zero-order chi connectivity index (χ0) is 16.2. The van der Waals surface area contributed by atoms with Gasteiger partial charge in [-0.15, -0.1) is 5.06 Å². The van der Waals surface area contributed by atoms with Gasteiger partial charge in [0.2, 0.25) is 0 Å². The molecular weight excluding hydrogens is 280 g/mol. The topological polar surface area (TPSA) is 64.8 Å². The number of hydroxylamine groups is 2. The molecule has 0 unspecified atom stereocenters. The highest BCUT2D eigenvalue weighted by Gasteiger charge is 2.28. The second-order valence-electron chi connectivity index (χ2n) is 6.81. The van der Waals surface area contributed by atoms with Crippen LogP contribution in [-0.4, -0.2) is 30.2 Å². The van der Waals surface area contributed by atoms with E-state index in [0.717, 1.165) is 24.1 Å². The SMILES string of the molecule is CC(C)(C)C(=O)ON1CCC(OCc2ccc(N)cc2)CC1. The molecule has 0 radical (unpaired) electrons.